The van der Waals surface area contributed by atoms with Gasteiger partial charge in [-0.25, -0.2) is 8.42 Å². The van der Waals surface area contributed by atoms with Gasteiger partial charge in [0.1, 0.15) is 11.8 Å². The van der Waals surface area contributed by atoms with Crippen molar-refractivity contribution in [2.45, 2.75) is 58.7 Å². The van der Waals surface area contributed by atoms with Gasteiger partial charge in [-0.1, -0.05) is 42.3 Å². The van der Waals surface area contributed by atoms with Crippen LogP contribution in [-0.4, -0.2) is 57.1 Å². The molecule has 0 unspecified atom stereocenters. The Bertz CT molecular complexity index is 1180. The molecule has 37 heavy (non-hydrogen) atoms. The quantitative estimate of drug-likeness (QED) is 0.369. The molecule has 2 atom stereocenters. The number of halogens is 2. The summed E-state index contributed by atoms with van der Waals surface area (Å²) < 4.78 is 31.3. The van der Waals surface area contributed by atoms with E-state index in [0.717, 1.165) is 18.2 Å². The summed E-state index contributed by atoms with van der Waals surface area (Å²) in [5.74, 6) is -0.0817. The zero-order chi connectivity index (χ0) is 27.8. The first-order valence-electron chi connectivity index (χ1n) is 12.0. The number of methoxy groups -OCH3 is 1. The van der Waals surface area contributed by atoms with Crippen molar-refractivity contribution in [3.63, 3.8) is 0 Å². The standard InChI is InChI=1S/C26H35Cl2N3O5S/c1-6-18(2)29-26(33)19(3)30(17-20-9-11-21(27)12-10-20)25(32)8-7-15-31(37(5,34)35)22-13-14-24(36-4)23(28)16-22/h9-14,16,18-19H,6-8,15,17H2,1-5H3,(H,29,33)/t18-,19+/m0/s1. The van der Waals surface area contributed by atoms with Gasteiger partial charge in [0.15, 0.2) is 0 Å². The Hall–Kier alpha value is -2.49. The van der Waals surface area contributed by atoms with Crippen molar-refractivity contribution in [1.29, 1.82) is 0 Å². The van der Waals surface area contributed by atoms with Gasteiger partial charge in [-0.05, 0) is 62.6 Å². The molecule has 1 N–H and O–H groups in total. The van der Waals surface area contributed by atoms with Crippen LogP contribution in [0.3, 0.4) is 0 Å². The summed E-state index contributed by atoms with van der Waals surface area (Å²) in [5, 5.41) is 3.78. The predicted octanol–water partition coefficient (Wildman–Crippen LogP) is 4.88. The van der Waals surface area contributed by atoms with Crippen molar-refractivity contribution in [2.75, 3.05) is 24.2 Å². The summed E-state index contributed by atoms with van der Waals surface area (Å²) in [5.41, 5.74) is 1.20. The molecule has 204 valence electrons. The van der Waals surface area contributed by atoms with Crippen LogP contribution < -0.4 is 14.4 Å². The van der Waals surface area contributed by atoms with Gasteiger partial charge in [0, 0.05) is 30.6 Å². The van der Waals surface area contributed by atoms with Crippen LogP contribution in [-0.2, 0) is 26.2 Å². The van der Waals surface area contributed by atoms with Crippen LogP contribution in [0.5, 0.6) is 5.75 Å². The zero-order valence-electron chi connectivity index (χ0n) is 21.8. The van der Waals surface area contributed by atoms with Gasteiger partial charge in [-0.3, -0.25) is 13.9 Å². The molecule has 8 nitrogen and oxygen atoms in total. The molecule has 0 saturated carbocycles. The van der Waals surface area contributed by atoms with Crippen molar-refractivity contribution in [3.05, 3.63) is 58.1 Å². The minimum atomic E-state index is -3.64. The zero-order valence-corrected chi connectivity index (χ0v) is 24.2. The molecule has 0 bridgehead atoms. The molecule has 2 amide bonds. The molecular weight excluding hydrogens is 537 g/mol. The Labute approximate surface area is 229 Å². The van der Waals surface area contributed by atoms with Crippen molar-refractivity contribution in [1.82, 2.24) is 10.2 Å². The topological polar surface area (TPSA) is 96.0 Å². The van der Waals surface area contributed by atoms with Gasteiger partial charge in [0.25, 0.3) is 0 Å². The molecule has 2 rings (SSSR count). The third-order valence-electron chi connectivity index (χ3n) is 6.01. The number of carbonyl (C=O) groups is 2. The molecule has 0 saturated heterocycles. The number of benzene rings is 2. The smallest absolute Gasteiger partial charge is 0.242 e. The van der Waals surface area contributed by atoms with Gasteiger partial charge in [0.2, 0.25) is 21.8 Å². The van der Waals surface area contributed by atoms with Crippen molar-refractivity contribution >= 4 is 50.7 Å². The molecule has 2 aromatic carbocycles. The largest absolute Gasteiger partial charge is 0.495 e. The Balaban J connectivity index is 2.19. The second-order valence-corrected chi connectivity index (χ2v) is 11.6. The van der Waals surface area contributed by atoms with Crippen LogP contribution in [0, 0.1) is 0 Å². The van der Waals surface area contributed by atoms with E-state index in [-0.39, 0.29) is 48.8 Å². The maximum absolute atomic E-state index is 13.3. The third kappa shape index (κ3) is 9.09. The van der Waals surface area contributed by atoms with Crippen LogP contribution in [0.2, 0.25) is 10.0 Å². The average molecular weight is 573 g/mol. The number of amides is 2. The van der Waals surface area contributed by atoms with E-state index in [2.05, 4.69) is 5.32 Å². The van der Waals surface area contributed by atoms with Crippen LogP contribution in [0.25, 0.3) is 0 Å². The Morgan fingerprint density at radius 1 is 1.08 bits per heavy atom. The number of carbonyl (C=O) groups excluding carboxylic acids is 2. The molecule has 2 aromatic rings. The number of nitrogens with zero attached hydrogens (tertiary/aromatic N) is 2. The Kier molecular flexibility index (Phi) is 11.5. The second-order valence-electron chi connectivity index (χ2n) is 8.90. The van der Waals surface area contributed by atoms with Crippen LogP contribution in [0.15, 0.2) is 42.5 Å². The summed E-state index contributed by atoms with van der Waals surface area (Å²) in [6.45, 7) is 5.84. The average Bonchev–Trinajstić information content (AvgIpc) is 2.84. The molecule has 0 aliphatic carbocycles. The molecule has 0 aliphatic heterocycles. The van der Waals surface area contributed by atoms with E-state index in [9.17, 15) is 18.0 Å². The van der Waals surface area contributed by atoms with Gasteiger partial charge < -0.3 is 15.0 Å². The number of ether oxygens (including phenoxy) is 1. The highest BCUT2D eigenvalue weighted by atomic mass is 35.5. The summed E-state index contributed by atoms with van der Waals surface area (Å²) in [6.07, 6.45) is 2.15. The van der Waals surface area contributed by atoms with E-state index < -0.39 is 16.1 Å². The molecular formula is C26H35Cl2N3O5S. The van der Waals surface area contributed by atoms with Crippen LogP contribution in [0.4, 0.5) is 5.69 Å². The summed E-state index contributed by atoms with van der Waals surface area (Å²) in [4.78, 5) is 27.7. The number of sulfonamides is 1. The molecule has 0 heterocycles. The summed E-state index contributed by atoms with van der Waals surface area (Å²) in [6, 6.07) is 11.0. The fourth-order valence-electron chi connectivity index (χ4n) is 3.65. The highest BCUT2D eigenvalue weighted by Crippen LogP contribution is 2.30. The van der Waals surface area contributed by atoms with Gasteiger partial charge >= 0.3 is 0 Å². The Morgan fingerprint density at radius 2 is 1.73 bits per heavy atom. The van der Waals surface area contributed by atoms with Crippen LogP contribution in [0.1, 0.15) is 45.6 Å². The first-order chi connectivity index (χ1) is 17.4. The number of anilines is 1. The molecule has 11 heteroatoms. The van der Waals surface area contributed by atoms with E-state index in [0.29, 0.717) is 16.5 Å². The summed E-state index contributed by atoms with van der Waals surface area (Å²) in [7, 11) is -2.17. The van der Waals surface area contributed by atoms with Crippen LogP contribution >= 0.6 is 23.2 Å². The first-order valence-corrected chi connectivity index (χ1v) is 14.6. The lowest BCUT2D eigenvalue weighted by Crippen LogP contribution is -2.49. The van der Waals surface area contributed by atoms with Gasteiger partial charge in [0.05, 0.1) is 24.1 Å². The lowest BCUT2D eigenvalue weighted by atomic mass is 10.1. The minimum absolute atomic E-state index is 0.0259. The third-order valence-corrected chi connectivity index (χ3v) is 7.75. The van der Waals surface area contributed by atoms with E-state index in [1.54, 1.807) is 43.3 Å². The van der Waals surface area contributed by atoms with E-state index >= 15 is 0 Å². The highest BCUT2D eigenvalue weighted by Gasteiger charge is 2.27. The molecule has 0 spiro atoms. The molecule has 0 aliphatic rings. The molecule has 0 aromatic heterocycles. The number of hydrogen-bond donors (Lipinski definition) is 1. The number of hydrogen-bond acceptors (Lipinski definition) is 5. The van der Waals surface area contributed by atoms with Crippen molar-refractivity contribution < 1.29 is 22.7 Å². The second kappa shape index (κ2) is 13.9. The van der Waals surface area contributed by atoms with E-state index in [1.807, 2.05) is 13.8 Å². The highest BCUT2D eigenvalue weighted by molar-refractivity contribution is 7.92. The minimum Gasteiger partial charge on any atom is -0.495 e. The molecule has 0 fully saturated rings. The fourth-order valence-corrected chi connectivity index (χ4v) is 4.98. The maximum atomic E-state index is 13.3. The maximum Gasteiger partial charge on any atom is 0.242 e. The van der Waals surface area contributed by atoms with Gasteiger partial charge in [-0.15, -0.1) is 0 Å². The van der Waals surface area contributed by atoms with E-state index in [1.165, 1.54) is 22.4 Å². The SMILES string of the molecule is CC[C@H](C)NC(=O)[C@@H](C)N(Cc1ccc(Cl)cc1)C(=O)CCCN(c1ccc(OC)c(Cl)c1)S(C)(=O)=O. The Morgan fingerprint density at radius 3 is 2.27 bits per heavy atom. The van der Waals surface area contributed by atoms with Gasteiger partial charge in [-0.2, -0.15) is 0 Å². The van der Waals surface area contributed by atoms with Crippen molar-refractivity contribution in [3.8, 4) is 5.75 Å². The lowest BCUT2D eigenvalue weighted by molar-refractivity contribution is -0.140. The number of nitrogens with one attached hydrogen (secondary N) is 1. The normalized spacial score (nSPS) is 12.9. The first kappa shape index (κ1) is 30.7. The van der Waals surface area contributed by atoms with Crippen molar-refractivity contribution in [2.24, 2.45) is 0 Å². The summed E-state index contributed by atoms with van der Waals surface area (Å²) >= 11 is 12.2. The monoisotopic (exact) mass is 571 g/mol. The molecule has 0 radical (unpaired) electrons. The number of rotatable bonds is 13. The fraction of sp³-hybridized carbons (Fsp3) is 0.462. The lowest BCUT2D eigenvalue weighted by Gasteiger charge is -2.30. The predicted molar refractivity (Wildman–Crippen MR) is 149 cm³/mol. The van der Waals surface area contributed by atoms with E-state index in [4.69, 9.17) is 27.9 Å².